The molecule has 7 heteroatoms. The smallest absolute Gasteiger partial charge is 0.320 e. The van der Waals surface area contributed by atoms with Crippen LogP contribution in [0, 0.1) is 0 Å². The summed E-state index contributed by atoms with van der Waals surface area (Å²) in [4.78, 5) is 10.2. The molecule has 3 N–H and O–H groups in total. The predicted molar refractivity (Wildman–Crippen MR) is 50.5 cm³/mol. The number of hydrogen-bond acceptors (Lipinski definition) is 4. The Morgan fingerprint density at radius 2 is 2.29 bits per heavy atom. The summed E-state index contributed by atoms with van der Waals surface area (Å²) >= 11 is 0. The minimum Gasteiger partial charge on any atom is -0.480 e. The molecule has 14 heavy (non-hydrogen) atoms. The zero-order valence-electron chi connectivity index (χ0n) is 7.69. The first-order valence-electron chi connectivity index (χ1n) is 4.42. The average molecular weight is 222 g/mol. The lowest BCUT2D eigenvalue weighted by atomic mass is 10.1. The maximum atomic E-state index is 11.2. The van der Waals surface area contributed by atoms with Crippen molar-refractivity contribution in [3.8, 4) is 0 Å². The molecule has 0 amide bonds. The lowest BCUT2D eigenvalue weighted by Gasteiger charge is -2.23. The average Bonchev–Trinajstić information content (AvgIpc) is 2.02. The number of rotatable bonds is 4. The fraction of sp³-hybridized carbons (Fsp3) is 0.857. The van der Waals surface area contributed by atoms with E-state index < -0.39 is 21.7 Å². The van der Waals surface area contributed by atoms with E-state index in [2.05, 4.69) is 10.0 Å². The Labute approximate surface area is 82.7 Å². The third-order valence-corrected chi connectivity index (χ3v) is 3.28. The second-order valence-corrected chi connectivity index (χ2v) is 5.07. The van der Waals surface area contributed by atoms with E-state index in [9.17, 15) is 13.2 Å². The number of sulfonamides is 1. The number of nitrogens with one attached hydrogen (secondary N) is 2. The molecule has 1 fully saturated rings. The van der Waals surface area contributed by atoms with Gasteiger partial charge in [0.1, 0.15) is 0 Å². The third-order valence-electron chi connectivity index (χ3n) is 1.96. The molecule has 1 aliphatic rings. The molecule has 0 aromatic carbocycles. The van der Waals surface area contributed by atoms with E-state index in [-0.39, 0.29) is 6.04 Å². The van der Waals surface area contributed by atoms with Gasteiger partial charge in [0, 0.05) is 12.6 Å². The zero-order chi connectivity index (χ0) is 10.6. The Morgan fingerprint density at radius 1 is 1.57 bits per heavy atom. The van der Waals surface area contributed by atoms with E-state index >= 15 is 0 Å². The molecule has 1 saturated heterocycles. The van der Waals surface area contributed by atoms with E-state index in [0.717, 1.165) is 19.4 Å². The van der Waals surface area contributed by atoms with Gasteiger partial charge < -0.3 is 10.4 Å². The van der Waals surface area contributed by atoms with Gasteiger partial charge in [-0.25, -0.2) is 13.1 Å². The van der Waals surface area contributed by atoms with Gasteiger partial charge in [0.05, 0.1) is 0 Å². The molecular formula is C7H14N2O4S. The van der Waals surface area contributed by atoms with Crippen LogP contribution in [0.3, 0.4) is 0 Å². The topological polar surface area (TPSA) is 95.5 Å². The summed E-state index contributed by atoms with van der Waals surface area (Å²) in [6.45, 7) is 1.45. The van der Waals surface area contributed by atoms with Crippen molar-refractivity contribution in [1.29, 1.82) is 0 Å². The Balaban J connectivity index is 2.45. The van der Waals surface area contributed by atoms with E-state index in [1.807, 2.05) is 0 Å². The van der Waals surface area contributed by atoms with E-state index in [1.165, 1.54) is 0 Å². The van der Waals surface area contributed by atoms with Crippen molar-refractivity contribution in [2.75, 3.05) is 18.8 Å². The van der Waals surface area contributed by atoms with Gasteiger partial charge in [0.25, 0.3) is 0 Å². The minimum absolute atomic E-state index is 0.173. The summed E-state index contributed by atoms with van der Waals surface area (Å²) in [5.74, 6) is -2.19. The van der Waals surface area contributed by atoms with Crippen molar-refractivity contribution in [2.24, 2.45) is 0 Å². The van der Waals surface area contributed by atoms with Crippen LogP contribution in [-0.4, -0.2) is 44.4 Å². The highest BCUT2D eigenvalue weighted by Gasteiger charge is 2.21. The van der Waals surface area contributed by atoms with Gasteiger partial charge in [-0.1, -0.05) is 0 Å². The molecule has 1 aliphatic heterocycles. The number of piperidine rings is 1. The van der Waals surface area contributed by atoms with Gasteiger partial charge in [0.15, 0.2) is 5.75 Å². The van der Waals surface area contributed by atoms with Gasteiger partial charge in [-0.05, 0) is 19.4 Å². The molecule has 1 heterocycles. The monoisotopic (exact) mass is 222 g/mol. The number of carbonyl (C=O) groups is 1. The summed E-state index contributed by atoms with van der Waals surface area (Å²) in [6.07, 6.45) is 1.66. The van der Waals surface area contributed by atoms with Crippen molar-refractivity contribution in [2.45, 2.75) is 18.9 Å². The Morgan fingerprint density at radius 3 is 2.79 bits per heavy atom. The van der Waals surface area contributed by atoms with Crippen LogP contribution in [0.25, 0.3) is 0 Å². The van der Waals surface area contributed by atoms with Crippen molar-refractivity contribution in [3.63, 3.8) is 0 Å². The summed E-state index contributed by atoms with van der Waals surface area (Å²) in [5, 5.41) is 11.4. The van der Waals surface area contributed by atoms with Gasteiger partial charge in [-0.2, -0.15) is 0 Å². The molecular weight excluding hydrogens is 208 g/mol. The van der Waals surface area contributed by atoms with Gasteiger partial charge in [-0.15, -0.1) is 0 Å². The van der Waals surface area contributed by atoms with Crippen molar-refractivity contribution >= 4 is 16.0 Å². The molecule has 1 atom stereocenters. The SMILES string of the molecule is O=C(O)CS(=O)(=O)N[C@H]1CCCNC1. The van der Waals surface area contributed by atoms with Gasteiger partial charge in [0.2, 0.25) is 10.0 Å². The molecule has 1 rings (SSSR count). The van der Waals surface area contributed by atoms with Gasteiger partial charge in [-0.3, -0.25) is 4.79 Å². The molecule has 0 unspecified atom stereocenters. The van der Waals surface area contributed by atoms with Crippen LogP contribution >= 0.6 is 0 Å². The summed E-state index contributed by atoms with van der Waals surface area (Å²) in [6, 6.07) is -0.173. The summed E-state index contributed by atoms with van der Waals surface area (Å²) in [7, 11) is -3.67. The van der Waals surface area contributed by atoms with E-state index in [0.29, 0.717) is 6.54 Å². The lowest BCUT2D eigenvalue weighted by molar-refractivity contribution is -0.134. The second kappa shape index (κ2) is 4.72. The fourth-order valence-electron chi connectivity index (χ4n) is 1.41. The van der Waals surface area contributed by atoms with Crippen molar-refractivity contribution in [3.05, 3.63) is 0 Å². The lowest BCUT2D eigenvalue weighted by Crippen LogP contribution is -2.46. The number of hydrogen-bond donors (Lipinski definition) is 3. The molecule has 0 aromatic heterocycles. The van der Waals surface area contributed by atoms with Crippen molar-refractivity contribution in [1.82, 2.24) is 10.0 Å². The highest BCUT2D eigenvalue weighted by atomic mass is 32.2. The van der Waals surface area contributed by atoms with Crippen LogP contribution in [0.1, 0.15) is 12.8 Å². The third kappa shape index (κ3) is 4.03. The number of carboxylic acids is 1. The maximum Gasteiger partial charge on any atom is 0.320 e. The van der Waals surface area contributed by atoms with Gasteiger partial charge >= 0.3 is 5.97 Å². The Hall–Kier alpha value is -0.660. The molecule has 6 nitrogen and oxygen atoms in total. The quantitative estimate of drug-likeness (QED) is 0.552. The summed E-state index contributed by atoms with van der Waals surface area (Å²) < 4.78 is 24.7. The number of aliphatic carboxylic acids is 1. The Kier molecular flexibility index (Phi) is 3.85. The molecule has 0 aliphatic carbocycles. The molecule has 0 radical (unpaired) electrons. The highest BCUT2D eigenvalue weighted by molar-refractivity contribution is 7.90. The zero-order valence-corrected chi connectivity index (χ0v) is 8.51. The maximum absolute atomic E-state index is 11.2. The predicted octanol–water partition coefficient (Wildman–Crippen LogP) is -1.26. The largest absolute Gasteiger partial charge is 0.480 e. The van der Waals surface area contributed by atoms with Crippen LogP contribution in [0.4, 0.5) is 0 Å². The second-order valence-electron chi connectivity index (χ2n) is 3.31. The first-order valence-corrected chi connectivity index (χ1v) is 6.07. The molecule has 82 valence electrons. The summed E-state index contributed by atoms with van der Waals surface area (Å²) in [5.41, 5.74) is 0. The van der Waals surface area contributed by atoms with Crippen LogP contribution in [0.2, 0.25) is 0 Å². The van der Waals surface area contributed by atoms with Crippen LogP contribution in [0.5, 0.6) is 0 Å². The van der Waals surface area contributed by atoms with E-state index in [1.54, 1.807) is 0 Å². The van der Waals surface area contributed by atoms with Crippen LogP contribution < -0.4 is 10.0 Å². The first-order chi connectivity index (χ1) is 6.49. The van der Waals surface area contributed by atoms with Crippen molar-refractivity contribution < 1.29 is 18.3 Å². The standard InChI is InChI=1S/C7H14N2O4S/c10-7(11)5-14(12,13)9-6-2-1-3-8-4-6/h6,8-9H,1-5H2,(H,10,11)/t6-/m0/s1. The van der Waals surface area contributed by atoms with Crippen LogP contribution in [-0.2, 0) is 14.8 Å². The fourth-order valence-corrected chi connectivity index (χ4v) is 2.53. The normalized spacial score (nSPS) is 23.3. The number of carboxylic acid groups (broad SMARTS) is 1. The minimum atomic E-state index is -3.67. The molecule has 0 aromatic rings. The highest BCUT2D eigenvalue weighted by Crippen LogP contribution is 2.02. The molecule has 0 bridgehead atoms. The Bertz CT molecular complexity index is 295. The molecule has 0 spiro atoms. The van der Waals surface area contributed by atoms with E-state index in [4.69, 9.17) is 5.11 Å². The first kappa shape index (κ1) is 11.4. The van der Waals surface area contributed by atoms with Crippen LogP contribution in [0.15, 0.2) is 0 Å². The molecule has 0 saturated carbocycles.